The Hall–Kier alpha value is -4.24. The number of hydrogen-bond acceptors (Lipinski definition) is 6. The predicted molar refractivity (Wildman–Crippen MR) is 148 cm³/mol. The number of ether oxygens (including phenoxy) is 2. The summed E-state index contributed by atoms with van der Waals surface area (Å²) in [5, 5.41) is 10.1. The number of piperazine rings is 1. The third-order valence-electron chi connectivity index (χ3n) is 7.34. The van der Waals surface area contributed by atoms with Crippen LogP contribution in [0.2, 0.25) is 5.02 Å². The summed E-state index contributed by atoms with van der Waals surface area (Å²) in [4.78, 5) is 19.4. The Kier molecular flexibility index (Phi) is 6.31. The molecule has 6 rings (SSSR count). The molecule has 0 aliphatic carbocycles. The van der Waals surface area contributed by atoms with Crippen LogP contribution in [0.15, 0.2) is 54.7 Å². The summed E-state index contributed by atoms with van der Waals surface area (Å²) < 4.78 is 28.5. The van der Waals surface area contributed by atoms with E-state index in [1.54, 1.807) is 18.2 Å². The van der Waals surface area contributed by atoms with E-state index in [1.165, 1.54) is 11.1 Å². The van der Waals surface area contributed by atoms with Gasteiger partial charge in [-0.05, 0) is 30.2 Å². The topological polar surface area (TPSA) is 101 Å². The van der Waals surface area contributed by atoms with Gasteiger partial charge in [-0.3, -0.25) is 0 Å². The average Bonchev–Trinajstić information content (AvgIpc) is 2.94. The summed E-state index contributed by atoms with van der Waals surface area (Å²) in [6.45, 7) is 3.47. The molecule has 2 aliphatic rings. The molecule has 0 spiro atoms. The molecule has 39 heavy (non-hydrogen) atoms. The van der Waals surface area contributed by atoms with Gasteiger partial charge in [-0.2, -0.15) is 0 Å². The second-order valence-corrected chi connectivity index (χ2v) is 10.2. The van der Waals surface area contributed by atoms with Crippen molar-refractivity contribution >= 4 is 40.0 Å². The second-order valence-electron chi connectivity index (χ2n) is 9.75. The molecule has 0 bridgehead atoms. The van der Waals surface area contributed by atoms with Crippen molar-refractivity contribution in [1.82, 2.24) is 9.88 Å². The number of hydrogen-bond donors (Lipinski definition) is 2. The highest BCUT2D eigenvalue weighted by molar-refractivity contribution is 6.34. The Morgan fingerprint density at radius 2 is 2.03 bits per heavy atom. The highest BCUT2D eigenvalue weighted by Crippen LogP contribution is 2.48. The number of nitrogen functional groups attached to an aromatic ring is 1. The number of anilines is 2. The van der Waals surface area contributed by atoms with Gasteiger partial charge in [-0.15, -0.1) is 0 Å². The predicted octanol–water partition coefficient (Wildman–Crippen LogP) is 5.72. The average molecular weight is 549 g/mol. The number of halogens is 2. The lowest BCUT2D eigenvalue weighted by Gasteiger charge is -2.45. The van der Waals surface area contributed by atoms with Gasteiger partial charge in [0.05, 0.1) is 28.6 Å². The molecule has 1 atom stereocenters. The van der Waals surface area contributed by atoms with E-state index < -0.39 is 11.9 Å². The van der Waals surface area contributed by atoms with Gasteiger partial charge in [0, 0.05) is 36.1 Å². The molecule has 0 saturated carbocycles. The van der Waals surface area contributed by atoms with Crippen LogP contribution in [0.25, 0.3) is 22.0 Å². The van der Waals surface area contributed by atoms with E-state index in [4.69, 9.17) is 26.8 Å². The Morgan fingerprint density at radius 1 is 1.23 bits per heavy atom. The van der Waals surface area contributed by atoms with Crippen molar-refractivity contribution in [2.24, 2.45) is 0 Å². The summed E-state index contributed by atoms with van der Waals surface area (Å²) in [6, 6.07) is 14.7. The lowest BCUT2D eigenvalue weighted by molar-refractivity contribution is 0.123. The summed E-state index contributed by atoms with van der Waals surface area (Å²) in [6.07, 6.45) is 0.540. The molecular formula is C29H26ClFN4O4. The van der Waals surface area contributed by atoms with Crippen LogP contribution >= 0.6 is 11.6 Å². The zero-order chi connectivity index (χ0) is 27.3. The Labute approximate surface area is 229 Å². The third kappa shape index (κ3) is 4.32. The van der Waals surface area contributed by atoms with Gasteiger partial charge in [-0.1, -0.05) is 48.0 Å². The van der Waals surface area contributed by atoms with Crippen LogP contribution in [-0.2, 0) is 6.61 Å². The minimum atomic E-state index is -0.971. The van der Waals surface area contributed by atoms with Crippen LogP contribution in [0.5, 0.6) is 11.5 Å². The van der Waals surface area contributed by atoms with E-state index >= 15 is 4.39 Å². The molecule has 1 aromatic heterocycles. The number of pyridine rings is 1. The highest BCUT2D eigenvalue weighted by Gasteiger charge is 2.36. The van der Waals surface area contributed by atoms with Crippen molar-refractivity contribution in [2.45, 2.75) is 19.6 Å². The fourth-order valence-corrected chi connectivity index (χ4v) is 5.70. The standard InChI is InChI=1S/C29H26ClFN4O4/c1-16-7-8-21(32)28(39-14-17-5-3-2-4-6-17)23(16)24-20(30)11-19-26(25(24)31)33-12-22-27(19)35-10-9-34(29(36)37)13-18(35)15-38-22/h2-8,11-12,18H,9-10,13-15,32H2,1H3,(H,36,37)/t18-/m1/s1. The first kappa shape index (κ1) is 25.1. The number of rotatable bonds is 4. The van der Waals surface area contributed by atoms with Gasteiger partial charge < -0.3 is 30.1 Å². The monoisotopic (exact) mass is 548 g/mol. The van der Waals surface area contributed by atoms with Gasteiger partial charge in [0.1, 0.15) is 18.7 Å². The molecule has 3 N–H and O–H groups in total. The van der Waals surface area contributed by atoms with Gasteiger partial charge in [0.2, 0.25) is 0 Å². The molecule has 10 heteroatoms. The minimum Gasteiger partial charge on any atom is -0.488 e. The third-order valence-corrected chi connectivity index (χ3v) is 7.63. The number of aromatic nitrogens is 1. The van der Waals surface area contributed by atoms with Gasteiger partial charge in [0.25, 0.3) is 0 Å². The van der Waals surface area contributed by atoms with E-state index in [1.807, 2.05) is 37.3 Å². The Balaban J connectivity index is 1.46. The fourth-order valence-electron chi connectivity index (χ4n) is 5.41. The lowest BCUT2D eigenvalue weighted by atomic mass is 9.95. The molecule has 8 nitrogen and oxygen atoms in total. The van der Waals surface area contributed by atoms with Crippen molar-refractivity contribution in [3.05, 3.63) is 76.7 Å². The van der Waals surface area contributed by atoms with Crippen molar-refractivity contribution in [2.75, 3.05) is 36.9 Å². The minimum absolute atomic E-state index is 0.133. The van der Waals surface area contributed by atoms with Gasteiger partial charge in [-0.25, -0.2) is 14.2 Å². The van der Waals surface area contributed by atoms with Crippen LogP contribution in [-0.4, -0.2) is 53.4 Å². The maximum atomic E-state index is 16.4. The normalized spacial score (nSPS) is 16.4. The molecule has 1 saturated heterocycles. The van der Waals surface area contributed by atoms with Gasteiger partial charge >= 0.3 is 6.09 Å². The van der Waals surface area contributed by atoms with Crippen molar-refractivity contribution in [1.29, 1.82) is 0 Å². The van der Waals surface area contributed by atoms with Crippen LogP contribution in [0, 0.1) is 12.7 Å². The number of aryl methyl sites for hydroxylation is 1. The molecule has 4 aromatic rings. The molecule has 1 fully saturated rings. The fraction of sp³-hybridized carbons (Fsp3) is 0.241. The number of benzene rings is 3. The van der Waals surface area contributed by atoms with Gasteiger partial charge in [0.15, 0.2) is 17.3 Å². The second kappa shape index (κ2) is 9.81. The van der Waals surface area contributed by atoms with E-state index in [0.29, 0.717) is 53.5 Å². The molecular weight excluding hydrogens is 523 g/mol. The van der Waals surface area contributed by atoms with E-state index in [-0.39, 0.29) is 35.3 Å². The lowest BCUT2D eigenvalue weighted by Crippen LogP contribution is -2.58. The van der Waals surface area contributed by atoms with E-state index in [9.17, 15) is 9.90 Å². The van der Waals surface area contributed by atoms with E-state index in [2.05, 4.69) is 9.88 Å². The number of nitrogens with two attached hydrogens (primary N) is 1. The summed E-state index contributed by atoms with van der Waals surface area (Å²) >= 11 is 6.83. The van der Waals surface area contributed by atoms with Crippen LogP contribution in [0.4, 0.5) is 20.6 Å². The number of nitrogens with zero attached hydrogens (tertiary/aromatic N) is 3. The first-order chi connectivity index (χ1) is 18.8. The van der Waals surface area contributed by atoms with Crippen LogP contribution in [0.3, 0.4) is 0 Å². The summed E-state index contributed by atoms with van der Waals surface area (Å²) in [7, 11) is 0. The summed E-state index contributed by atoms with van der Waals surface area (Å²) in [5.41, 5.74) is 9.82. The first-order valence-electron chi connectivity index (χ1n) is 12.6. The maximum Gasteiger partial charge on any atom is 0.407 e. The van der Waals surface area contributed by atoms with Crippen molar-refractivity contribution in [3.8, 4) is 22.6 Å². The number of amides is 1. The maximum absolute atomic E-state index is 16.4. The molecule has 200 valence electrons. The largest absolute Gasteiger partial charge is 0.488 e. The molecule has 3 heterocycles. The Bertz CT molecular complexity index is 1600. The van der Waals surface area contributed by atoms with Crippen molar-refractivity contribution in [3.63, 3.8) is 0 Å². The van der Waals surface area contributed by atoms with Crippen molar-refractivity contribution < 1.29 is 23.8 Å². The molecule has 0 unspecified atom stereocenters. The van der Waals surface area contributed by atoms with Crippen LogP contribution in [0.1, 0.15) is 11.1 Å². The molecule has 2 aliphatic heterocycles. The highest BCUT2D eigenvalue weighted by atomic mass is 35.5. The quantitative estimate of drug-likeness (QED) is 0.314. The number of carbonyl (C=O) groups is 1. The smallest absolute Gasteiger partial charge is 0.407 e. The molecule has 1 amide bonds. The SMILES string of the molecule is Cc1ccc(N)c(OCc2ccccc2)c1-c1c(Cl)cc2c3c(cnc2c1F)OC[C@H]1CN(C(=O)O)CCN31. The number of fused-ring (bicyclic) bond motifs is 5. The Morgan fingerprint density at radius 3 is 2.79 bits per heavy atom. The van der Waals surface area contributed by atoms with E-state index in [0.717, 1.165) is 11.1 Å². The zero-order valence-corrected chi connectivity index (χ0v) is 21.9. The van der Waals surface area contributed by atoms with Crippen LogP contribution < -0.4 is 20.1 Å². The summed E-state index contributed by atoms with van der Waals surface area (Å²) in [5.74, 6) is 0.271. The zero-order valence-electron chi connectivity index (χ0n) is 21.2. The number of carboxylic acid groups (broad SMARTS) is 1. The molecule has 0 radical (unpaired) electrons. The first-order valence-corrected chi connectivity index (χ1v) is 13.0. The molecule has 3 aromatic carbocycles.